The number of benzene rings is 1. The van der Waals surface area contributed by atoms with Crippen LogP contribution in [0.2, 0.25) is 0 Å². The smallest absolute Gasteiger partial charge is 0.354 e. The number of carbonyl (C=O) groups is 1. The van der Waals surface area contributed by atoms with Gasteiger partial charge in [-0.1, -0.05) is 12.1 Å². The van der Waals surface area contributed by atoms with Gasteiger partial charge >= 0.3 is 6.18 Å². The van der Waals surface area contributed by atoms with Crippen LogP contribution in [0.25, 0.3) is 11.0 Å². The third-order valence-corrected chi connectivity index (χ3v) is 5.35. The van der Waals surface area contributed by atoms with Crippen LogP contribution in [0, 0.1) is 0 Å². The maximum atomic E-state index is 13.5. The second kappa shape index (κ2) is 7.59. The predicted molar refractivity (Wildman–Crippen MR) is 108 cm³/mol. The maximum absolute atomic E-state index is 13.5. The molecule has 1 atom stereocenters. The number of amides is 1. The first-order chi connectivity index (χ1) is 14.3. The average Bonchev–Trinajstić information content (AvgIpc) is 3.53. The maximum Gasteiger partial charge on any atom is 0.413 e. The standard InChI is InChI=1S/C22H21F3N4O/c1-13(30)29(2)21(22(23,24)25)15-7-9-16(10-8-15)28-18-12-27-17-4-3-11-26-20(17)19(18)14-5-6-14/h3-4,7-12,14,21,28H,5-6H2,1-2H3/t21-/m0/s1. The Bertz CT molecular complexity index is 1080. The fourth-order valence-electron chi connectivity index (χ4n) is 3.64. The molecule has 2 aromatic heterocycles. The van der Waals surface area contributed by atoms with E-state index in [0.717, 1.165) is 49.1 Å². The largest absolute Gasteiger partial charge is 0.413 e. The highest BCUT2D eigenvalue weighted by molar-refractivity contribution is 5.85. The third kappa shape index (κ3) is 3.94. The van der Waals surface area contributed by atoms with Gasteiger partial charge in [-0.05, 0) is 48.6 Å². The van der Waals surface area contributed by atoms with E-state index in [4.69, 9.17) is 0 Å². The van der Waals surface area contributed by atoms with Gasteiger partial charge in [-0.3, -0.25) is 14.8 Å². The monoisotopic (exact) mass is 414 g/mol. The third-order valence-electron chi connectivity index (χ3n) is 5.35. The number of hydrogen-bond acceptors (Lipinski definition) is 4. The van der Waals surface area contributed by atoms with Gasteiger partial charge in [0.15, 0.2) is 6.04 Å². The van der Waals surface area contributed by atoms with E-state index in [2.05, 4.69) is 15.3 Å². The van der Waals surface area contributed by atoms with E-state index in [-0.39, 0.29) is 5.56 Å². The van der Waals surface area contributed by atoms with Crippen LogP contribution in [-0.2, 0) is 4.79 Å². The summed E-state index contributed by atoms with van der Waals surface area (Å²) in [6.45, 7) is 1.12. The molecule has 1 aliphatic carbocycles. The van der Waals surface area contributed by atoms with Crippen molar-refractivity contribution in [3.63, 3.8) is 0 Å². The minimum Gasteiger partial charge on any atom is -0.354 e. The molecule has 3 aromatic rings. The van der Waals surface area contributed by atoms with Crippen molar-refractivity contribution >= 4 is 28.3 Å². The molecule has 1 amide bonds. The number of nitrogens with one attached hydrogen (secondary N) is 1. The van der Waals surface area contributed by atoms with E-state index in [9.17, 15) is 18.0 Å². The summed E-state index contributed by atoms with van der Waals surface area (Å²) >= 11 is 0. The molecule has 2 heterocycles. The van der Waals surface area contributed by atoms with Gasteiger partial charge in [0, 0.05) is 31.4 Å². The minimum absolute atomic E-state index is 0.00599. The van der Waals surface area contributed by atoms with Crippen molar-refractivity contribution in [2.24, 2.45) is 0 Å². The van der Waals surface area contributed by atoms with Crippen molar-refractivity contribution < 1.29 is 18.0 Å². The van der Waals surface area contributed by atoms with E-state index in [0.29, 0.717) is 16.5 Å². The molecule has 0 aliphatic heterocycles. The Kier molecular flexibility index (Phi) is 5.09. The highest BCUT2D eigenvalue weighted by Gasteiger charge is 2.44. The zero-order valence-corrected chi connectivity index (χ0v) is 16.6. The van der Waals surface area contributed by atoms with E-state index >= 15 is 0 Å². The summed E-state index contributed by atoms with van der Waals surface area (Å²) in [4.78, 5) is 21.2. The molecule has 0 radical (unpaired) electrons. The number of pyridine rings is 2. The van der Waals surface area contributed by atoms with Crippen LogP contribution in [0.4, 0.5) is 24.5 Å². The number of alkyl halides is 3. The number of fused-ring (bicyclic) bond motifs is 1. The molecule has 0 spiro atoms. The Morgan fingerprint density at radius 3 is 2.47 bits per heavy atom. The van der Waals surface area contributed by atoms with Crippen molar-refractivity contribution in [3.05, 3.63) is 59.9 Å². The van der Waals surface area contributed by atoms with E-state index < -0.39 is 18.1 Å². The lowest BCUT2D eigenvalue weighted by atomic mass is 10.0. The fourth-order valence-corrected chi connectivity index (χ4v) is 3.64. The molecule has 0 saturated heterocycles. The lowest BCUT2D eigenvalue weighted by Crippen LogP contribution is -2.38. The topological polar surface area (TPSA) is 58.1 Å². The Labute approximate surface area is 171 Å². The summed E-state index contributed by atoms with van der Waals surface area (Å²) in [5.41, 5.74) is 4.22. The second-order valence-corrected chi connectivity index (χ2v) is 7.55. The molecule has 1 aromatic carbocycles. The molecule has 8 heteroatoms. The normalized spacial score (nSPS) is 15.1. The SMILES string of the molecule is CC(=O)N(C)[C@@H](c1ccc(Nc2cnc3cccnc3c2C2CC2)cc1)C(F)(F)F. The first kappa shape index (κ1) is 20.1. The molecule has 0 unspecified atom stereocenters. The lowest BCUT2D eigenvalue weighted by Gasteiger charge is -2.29. The summed E-state index contributed by atoms with van der Waals surface area (Å²) in [6, 6.07) is 7.72. The molecule has 156 valence electrons. The van der Waals surface area contributed by atoms with E-state index in [1.807, 2.05) is 12.1 Å². The Hall–Kier alpha value is -3.16. The summed E-state index contributed by atoms with van der Waals surface area (Å²) < 4.78 is 40.6. The lowest BCUT2D eigenvalue weighted by molar-refractivity contribution is -0.188. The minimum atomic E-state index is -4.57. The number of rotatable bonds is 5. The van der Waals surface area contributed by atoms with Crippen LogP contribution in [0.5, 0.6) is 0 Å². The van der Waals surface area contributed by atoms with Crippen LogP contribution >= 0.6 is 0 Å². The molecule has 5 nitrogen and oxygen atoms in total. The first-order valence-electron chi connectivity index (χ1n) is 9.66. The first-order valence-corrected chi connectivity index (χ1v) is 9.66. The zero-order chi connectivity index (χ0) is 21.5. The number of carbonyl (C=O) groups excluding carboxylic acids is 1. The molecule has 1 fully saturated rings. The van der Waals surface area contributed by atoms with Gasteiger partial charge in [0.1, 0.15) is 0 Å². The van der Waals surface area contributed by atoms with Gasteiger partial charge in [-0.15, -0.1) is 0 Å². The van der Waals surface area contributed by atoms with Crippen molar-refractivity contribution in [1.82, 2.24) is 14.9 Å². The van der Waals surface area contributed by atoms with Crippen LogP contribution in [-0.4, -0.2) is 34.0 Å². The number of nitrogens with zero attached hydrogens (tertiary/aromatic N) is 3. The van der Waals surface area contributed by atoms with Gasteiger partial charge in [-0.2, -0.15) is 13.2 Å². The van der Waals surface area contributed by atoms with Crippen LogP contribution in [0.1, 0.15) is 42.9 Å². The van der Waals surface area contributed by atoms with Crippen molar-refractivity contribution in [2.75, 3.05) is 12.4 Å². The highest BCUT2D eigenvalue weighted by Crippen LogP contribution is 2.46. The van der Waals surface area contributed by atoms with Crippen LogP contribution < -0.4 is 5.32 Å². The Morgan fingerprint density at radius 1 is 1.17 bits per heavy atom. The summed E-state index contributed by atoms with van der Waals surface area (Å²) in [5.74, 6) is -0.241. The molecule has 0 bridgehead atoms. The second-order valence-electron chi connectivity index (χ2n) is 7.55. The number of aromatic nitrogens is 2. The summed E-state index contributed by atoms with van der Waals surface area (Å²) in [5, 5.41) is 3.28. The number of halogens is 3. The molecule has 30 heavy (non-hydrogen) atoms. The van der Waals surface area contributed by atoms with Gasteiger partial charge in [-0.25, -0.2) is 0 Å². The quantitative estimate of drug-likeness (QED) is 0.613. The number of hydrogen-bond donors (Lipinski definition) is 1. The molecular weight excluding hydrogens is 393 g/mol. The van der Waals surface area contributed by atoms with Gasteiger partial charge in [0.25, 0.3) is 0 Å². The van der Waals surface area contributed by atoms with Gasteiger partial charge in [0.2, 0.25) is 5.91 Å². The van der Waals surface area contributed by atoms with E-state index in [1.165, 1.54) is 12.1 Å². The van der Waals surface area contributed by atoms with Crippen molar-refractivity contribution in [3.8, 4) is 0 Å². The van der Waals surface area contributed by atoms with Crippen molar-refractivity contribution in [1.29, 1.82) is 0 Å². The number of anilines is 2. The summed E-state index contributed by atoms with van der Waals surface area (Å²) in [7, 11) is 1.16. The molecular formula is C22H21F3N4O. The molecule has 4 rings (SSSR count). The van der Waals surface area contributed by atoms with Crippen molar-refractivity contribution in [2.45, 2.75) is 37.9 Å². The average molecular weight is 414 g/mol. The highest BCUT2D eigenvalue weighted by atomic mass is 19.4. The zero-order valence-electron chi connectivity index (χ0n) is 16.6. The Balaban J connectivity index is 1.64. The van der Waals surface area contributed by atoms with Crippen LogP contribution in [0.15, 0.2) is 48.8 Å². The van der Waals surface area contributed by atoms with Crippen LogP contribution in [0.3, 0.4) is 0 Å². The molecule has 1 aliphatic rings. The Morgan fingerprint density at radius 2 is 1.87 bits per heavy atom. The fraction of sp³-hybridized carbons (Fsp3) is 0.318. The molecule has 1 N–H and O–H groups in total. The van der Waals surface area contributed by atoms with Gasteiger partial charge < -0.3 is 10.2 Å². The molecule has 1 saturated carbocycles. The predicted octanol–water partition coefficient (Wildman–Crippen LogP) is 5.33. The van der Waals surface area contributed by atoms with Gasteiger partial charge in [0.05, 0.1) is 22.9 Å². The van der Waals surface area contributed by atoms with E-state index in [1.54, 1.807) is 24.5 Å². The summed E-state index contributed by atoms with van der Waals surface area (Å²) in [6.07, 6.45) is 1.06.